The number of nitro benzene ring substituents is 1. The molecule has 10 heteroatoms. The van der Waals surface area contributed by atoms with Crippen LogP contribution in [0.3, 0.4) is 0 Å². The number of halogens is 1. The first-order chi connectivity index (χ1) is 17.8. The Bertz CT molecular complexity index is 1680. The summed E-state index contributed by atoms with van der Waals surface area (Å²) in [5.74, 6) is -1.22. The molecular weight excluding hydrogens is 494 g/mol. The number of nitrogens with two attached hydrogens (primary N) is 1. The summed E-state index contributed by atoms with van der Waals surface area (Å²) in [6.45, 7) is 0. The molecule has 1 atom stereocenters. The van der Waals surface area contributed by atoms with Crippen molar-refractivity contribution in [3.05, 3.63) is 105 Å². The Morgan fingerprint density at radius 1 is 1.05 bits per heavy atom. The van der Waals surface area contributed by atoms with Gasteiger partial charge in [0.15, 0.2) is 0 Å². The van der Waals surface area contributed by atoms with Gasteiger partial charge in [0.1, 0.15) is 6.04 Å². The zero-order valence-electron chi connectivity index (χ0n) is 19.3. The number of amides is 2. The first-order valence-corrected chi connectivity index (χ1v) is 11.7. The van der Waals surface area contributed by atoms with Gasteiger partial charge in [0.05, 0.1) is 21.7 Å². The highest BCUT2D eigenvalue weighted by Gasteiger charge is 2.22. The molecule has 9 nitrogen and oxygen atoms in total. The van der Waals surface area contributed by atoms with Gasteiger partial charge in [0, 0.05) is 51.6 Å². The van der Waals surface area contributed by atoms with Crippen LogP contribution in [0.4, 0.5) is 5.69 Å². The maximum Gasteiger partial charge on any atom is 0.269 e. The second-order valence-electron chi connectivity index (χ2n) is 8.52. The van der Waals surface area contributed by atoms with E-state index in [9.17, 15) is 19.7 Å². The molecule has 0 spiro atoms. The maximum absolute atomic E-state index is 13.5. The molecule has 0 bridgehead atoms. The molecule has 0 radical (unpaired) electrons. The highest BCUT2D eigenvalue weighted by atomic mass is 35.5. The van der Waals surface area contributed by atoms with Crippen LogP contribution in [0.25, 0.3) is 33.1 Å². The molecule has 0 aliphatic carbocycles. The summed E-state index contributed by atoms with van der Waals surface area (Å²) >= 11 is 6.21. The summed E-state index contributed by atoms with van der Waals surface area (Å²) in [6.07, 6.45) is 1.89. The van der Waals surface area contributed by atoms with Gasteiger partial charge in [0.25, 0.3) is 11.6 Å². The monoisotopic (exact) mass is 513 g/mol. The Morgan fingerprint density at radius 2 is 1.81 bits per heavy atom. The number of carbonyl (C=O) groups is 2. The molecule has 5 rings (SSSR count). The number of carbonyl (C=O) groups excluding carboxylic acids is 2. The van der Waals surface area contributed by atoms with Crippen molar-refractivity contribution in [2.24, 2.45) is 5.73 Å². The predicted molar refractivity (Wildman–Crippen MR) is 141 cm³/mol. The fraction of sp³-hybridized carbons (Fsp3) is 0.0741. The number of rotatable bonds is 7. The number of aromatic nitrogens is 2. The largest absolute Gasteiger partial charge is 0.368 e. The molecule has 37 heavy (non-hydrogen) atoms. The van der Waals surface area contributed by atoms with Gasteiger partial charge in [-0.1, -0.05) is 41.9 Å². The number of benzene rings is 3. The van der Waals surface area contributed by atoms with Crippen LogP contribution in [-0.2, 0) is 11.2 Å². The smallest absolute Gasteiger partial charge is 0.269 e. The number of para-hydroxylation sites is 1. The van der Waals surface area contributed by atoms with E-state index in [1.54, 1.807) is 36.5 Å². The second kappa shape index (κ2) is 9.71. The molecule has 0 aliphatic heterocycles. The Balaban J connectivity index is 1.51. The van der Waals surface area contributed by atoms with Gasteiger partial charge in [-0.3, -0.25) is 19.7 Å². The van der Waals surface area contributed by atoms with Gasteiger partial charge >= 0.3 is 0 Å². The van der Waals surface area contributed by atoms with Crippen molar-refractivity contribution in [3.63, 3.8) is 0 Å². The van der Waals surface area contributed by atoms with Crippen LogP contribution in [0.15, 0.2) is 79.0 Å². The Kier molecular flexibility index (Phi) is 6.29. The van der Waals surface area contributed by atoms with Crippen molar-refractivity contribution in [1.82, 2.24) is 15.3 Å². The van der Waals surface area contributed by atoms with E-state index >= 15 is 0 Å². The predicted octanol–water partition coefficient (Wildman–Crippen LogP) is 4.77. The molecule has 1 unspecified atom stereocenters. The van der Waals surface area contributed by atoms with E-state index in [2.05, 4.69) is 10.3 Å². The number of pyridine rings is 1. The van der Waals surface area contributed by atoms with Gasteiger partial charge in [-0.05, 0) is 35.9 Å². The lowest BCUT2D eigenvalue weighted by Gasteiger charge is -2.17. The minimum atomic E-state index is -1.03. The van der Waals surface area contributed by atoms with Gasteiger partial charge in [-0.15, -0.1) is 0 Å². The zero-order chi connectivity index (χ0) is 26.1. The van der Waals surface area contributed by atoms with E-state index in [-0.39, 0.29) is 12.1 Å². The molecule has 4 N–H and O–H groups in total. The number of non-ortho nitro benzene ring substituents is 1. The van der Waals surface area contributed by atoms with Crippen LogP contribution in [0, 0.1) is 10.1 Å². The molecule has 3 aromatic carbocycles. The fourth-order valence-corrected chi connectivity index (χ4v) is 4.43. The van der Waals surface area contributed by atoms with Crippen LogP contribution in [0.1, 0.15) is 15.9 Å². The second-order valence-corrected chi connectivity index (χ2v) is 8.96. The molecule has 184 valence electrons. The maximum atomic E-state index is 13.5. The Morgan fingerprint density at radius 3 is 2.54 bits per heavy atom. The van der Waals surface area contributed by atoms with Crippen molar-refractivity contribution in [2.75, 3.05) is 0 Å². The number of nitro groups is 1. The third-order valence-corrected chi connectivity index (χ3v) is 6.35. The van der Waals surface area contributed by atoms with Crippen LogP contribution in [0.2, 0.25) is 5.02 Å². The molecule has 0 aliphatic rings. The quantitative estimate of drug-likeness (QED) is 0.212. The minimum absolute atomic E-state index is 0.0715. The van der Waals surface area contributed by atoms with Gasteiger partial charge < -0.3 is 16.0 Å². The highest BCUT2D eigenvalue weighted by molar-refractivity contribution is 6.31. The number of primary amides is 1. The van der Waals surface area contributed by atoms with Crippen LogP contribution >= 0.6 is 11.6 Å². The van der Waals surface area contributed by atoms with Crippen LogP contribution in [0.5, 0.6) is 0 Å². The first kappa shape index (κ1) is 24.0. The van der Waals surface area contributed by atoms with Crippen LogP contribution < -0.4 is 11.1 Å². The van der Waals surface area contributed by atoms with Crippen molar-refractivity contribution in [3.8, 4) is 11.3 Å². The van der Waals surface area contributed by atoms with Crippen LogP contribution in [-0.4, -0.2) is 32.7 Å². The van der Waals surface area contributed by atoms with E-state index in [1.807, 2.05) is 18.2 Å². The topological polar surface area (TPSA) is 144 Å². The summed E-state index contributed by atoms with van der Waals surface area (Å²) in [5.41, 5.74) is 9.27. The van der Waals surface area contributed by atoms with Crippen molar-refractivity contribution in [2.45, 2.75) is 12.5 Å². The summed E-state index contributed by atoms with van der Waals surface area (Å²) in [6, 6.07) is 19.1. The lowest BCUT2D eigenvalue weighted by atomic mass is 10.0. The molecule has 0 saturated carbocycles. The SMILES string of the molecule is NC(=O)C(Cc1ccc([N+](=O)[O-])cc1)NC(=O)c1cc(-c2c[nH]c3ccc(Cl)cc23)nc2ccccc12. The number of aromatic amines is 1. The summed E-state index contributed by atoms with van der Waals surface area (Å²) < 4.78 is 0. The van der Waals surface area contributed by atoms with E-state index in [0.717, 1.165) is 16.5 Å². The van der Waals surface area contributed by atoms with Gasteiger partial charge in [0.2, 0.25) is 5.91 Å². The highest BCUT2D eigenvalue weighted by Crippen LogP contribution is 2.32. The standard InChI is InChI=1S/C27H20ClN5O4/c28-16-7-10-22-19(12-16)21(14-30-22)24-13-20(18-3-1-2-4-23(18)31-24)27(35)32-25(26(29)34)11-15-5-8-17(9-6-15)33(36)37/h1-10,12-14,25,30H,11H2,(H2,29,34)(H,32,35). The summed E-state index contributed by atoms with van der Waals surface area (Å²) in [7, 11) is 0. The summed E-state index contributed by atoms with van der Waals surface area (Å²) in [4.78, 5) is 44.0. The van der Waals surface area contributed by atoms with Crippen molar-refractivity contribution in [1.29, 1.82) is 0 Å². The average molecular weight is 514 g/mol. The molecule has 2 heterocycles. The molecular formula is C27H20ClN5O4. The number of hydrogen-bond donors (Lipinski definition) is 3. The lowest BCUT2D eigenvalue weighted by molar-refractivity contribution is -0.384. The van der Waals surface area contributed by atoms with E-state index < -0.39 is 22.8 Å². The first-order valence-electron chi connectivity index (χ1n) is 11.3. The third kappa shape index (κ3) is 4.85. The number of nitrogens with zero attached hydrogens (tertiary/aromatic N) is 2. The van der Waals surface area contributed by atoms with E-state index in [0.29, 0.717) is 32.7 Å². The molecule has 0 saturated heterocycles. The van der Waals surface area contributed by atoms with Crippen molar-refractivity contribution >= 4 is 50.9 Å². The zero-order valence-corrected chi connectivity index (χ0v) is 20.0. The average Bonchev–Trinajstić information content (AvgIpc) is 3.30. The molecule has 5 aromatic rings. The number of fused-ring (bicyclic) bond motifs is 2. The van der Waals surface area contributed by atoms with E-state index in [4.69, 9.17) is 22.3 Å². The summed E-state index contributed by atoms with van der Waals surface area (Å²) in [5, 5.41) is 15.7. The molecule has 0 fully saturated rings. The number of H-pyrrole nitrogens is 1. The lowest BCUT2D eigenvalue weighted by Crippen LogP contribution is -2.45. The Labute approximate surface area is 215 Å². The van der Waals surface area contributed by atoms with Gasteiger partial charge in [-0.2, -0.15) is 0 Å². The molecule has 2 aromatic heterocycles. The Hall–Kier alpha value is -4.76. The number of nitrogens with one attached hydrogen (secondary N) is 2. The normalized spacial score (nSPS) is 11.9. The van der Waals surface area contributed by atoms with E-state index in [1.165, 1.54) is 24.3 Å². The third-order valence-electron chi connectivity index (χ3n) is 6.12. The van der Waals surface area contributed by atoms with Gasteiger partial charge in [-0.25, -0.2) is 4.98 Å². The fourth-order valence-electron chi connectivity index (χ4n) is 4.25. The molecule has 2 amide bonds. The van der Waals surface area contributed by atoms with Crippen molar-refractivity contribution < 1.29 is 14.5 Å². The minimum Gasteiger partial charge on any atom is -0.368 e. The number of hydrogen-bond acceptors (Lipinski definition) is 5.